The first-order valence-electron chi connectivity index (χ1n) is 9.23. The van der Waals surface area contributed by atoms with E-state index in [-0.39, 0.29) is 36.5 Å². The van der Waals surface area contributed by atoms with Crippen LogP contribution < -0.4 is 0 Å². The Hall–Kier alpha value is -2.00. The lowest BCUT2D eigenvalue weighted by atomic mass is 9.93. The number of fused-ring (bicyclic) bond motifs is 3. The third-order valence-corrected chi connectivity index (χ3v) is 5.70. The van der Waals surface area contributed by atoms with Gasteiger partial charge in [0.15, 0.2) is 0 Å². The summed E-state index contributed by atoms with van der Waals surface area (Å²) in [4.78, 5) is 28.6. The molecule has 0 saturated carbocycles. The smallest absolute Gasteiger partial charge is 0.248 e. The minimum absolute atomic E-state index is 0.00252. The Kier molecular flexibility index (Phi) is 4.90. The molecule has 9 heteroatoms. The highest BCUT2D eigenvalue weighted by atomic mass is 16.5. The number of likely N-dealkylation sites (tertiary alicyclic amines) is 2. The van der Waals surface area contributed by atoms with Crippen LogP contribution in [0.2, 0.25) is 0 Å². The Morgan fingerprint density at radius 2 is 2.00 bits per heavy atom. The summed E-state index contributed by atoms with van der Waals surface area (Å²) in [6, 6.07) is 0.0438. The fourth-order valence-electron chi connectivity index (χ4n) is 4.23. The minimum atomic E-state index is -0.0159. The summed E-state index contributed by atoms with van der Waals surface area (Å²) in [7, 11) is 1.52. The van der Waals surface area contributed by atoms with Gasteiger partial charge in [0.2, 0.25) is 11.8 Å². The number of carbonyl (C=O) groups excluding carboxylic acids is 2. The molecule has 3 aliphatic heterocycles. The average molecular weight is 363 g/mol. The molecule has 2 saturated heterocycles. The molecule has 3 aliphatic rings. The molecule has 0 aromatic carbocycles. The van der Waals surface area contributed by atoms with E-state index in [0.717, 1.165) is 12.1 Å². The van der Waals surface area contributed by atoms with Crippen molar-refractivity contribution in [3.05, 3.63) is 11.9 Å². The van der Waals surface area contributed by atoms with Gasteiger partial charge in [0.05, 0.1) is 30.6 Å². The molecule has 1 aromatic rings. The van der Waals surface area contributed by atoms with Crippen LogP contribution in [0.3, 0.4) is 0 Å². The largest absolute Gasteiger partial charge is 0.375 e. The number of methoxy groups -OCH3 is 1. The fraction of sp³-hybridized carbons (Fsp3) is 0.765. The highest BCUT2D eigenvalue weighted by Crippen LogP contribution is 2.31. The first-order chi connectivity index (χ1) is 12.7. The number of carbonyl (C=O) groups is 2. The maximum Gasteiger partial charge on any atom is 0.248 e. The standard InChI is InChI=1S/C17H25N5O4/c1-25-11-16(23)20-5-2-12(3-6-20)17(24)21-7-4-15-14(9-21)22-13(10-26-15)8-18-19-22/h8,12,14-15H,2-7,9-11H2,1H3/t14-,15+/m0/s1. The number of hydrogen-bond acceptors (Lipinski definition) is 6. The van der Waals surface area contributed by atoms with Crippen molar-refractivity contribution < 1.29 is 19.1 Å². The van der Waals surface area contributed by atoms with Gasteiger partial charge in [-0.15, -0.1) is 5.10 Å². The summed E-state index contributed by atoms with van der Waals surface area (Å²) in [5.41, 5.74) is 0.963. The zero-order valence-electron chi connectivity index (χ0n) is 15.0. The van der Waals surface area contributed by atoms with E-state index in [9.17, 15) is 9.59 Å². The van der Waals surface area contributed by atoms with E-state index in [4.69, 9.17) is 9.47 Å². The molecule has 0 N–H and O–H groups in total. The van der Waals surface area contributed by atoms with Crippen molar-refractivity contribution in [3.8, 4) is 0 Å². The van der Waals surface area contributed by atoms with Gasteiger partial charge in [-0.1, -0.05) is 5.21 Å². The lowest BCUT2D eigenvalue weighted by Gasteiger charge is -2.42. The topological polar surface area (TPSA) is 89.8 Å². The van der Waals surface area contributed by atoms with Crippen LogP contribution >= 0.6 is 0 Å². The molecule has 26 heavy (non-hydrogen) atoms. The van der Waals surface area contributed by atoms with Gasteiger partial charge in [-0.05, 0) is 19.3 Å². The average Bonchev–Trinajstić information content (AvgIpc) is 3.16. The maximum atomic E-state index is 13.0. The fourth-order valence-corrected chi connectivity index (χ4v) is 4.23. The third-order valence-electron chi connectivity index (χ3n) is 5.70. The van der Waals surface area contributed by atoms with Crippen LogP contribution in [0.5, 0.6) is 0 Å². The molecule has 0 unspecified atom stereocenters. The molecule has 2 amide bonds. The van der Waals surface area contributed by atoms with Crippen LogP contribution in [-0.2, 0) is 25.7 Å². The SMILES string of the molecule is COCC(=O)N1CCC(C(=O)N2CC[C@H]3OCc4cnnn4[C@H]3C2)CC1. The number of aromatic nitrogens is 3. The number of hydrogen-bond donors (Lipinski definition) is 0. The molecule has 1 aromatic heterocycles. The zero-order valence-corrected chi connectivity index (χ0v) is 15.0. The van der Waals surface area contributed by atoms with E-state index in [2.05, 4.69) is 10.3 Å². The van der Waals surface area contributed by atoms with E-state index >= 15 is 0 Å². The van der Waals surface area contributed by atoms with E-state index in [1.807, 2.05) is 9.58 Å². The Balaban J connectivity index is 1.36. The molecule has 4 heterocycles. The second-order valence-corrected chi connectivity index (χ2v) is 7.25. The number of amides is 2. The Bertz CT molecular complexity index is 670. The molecule has 0 aliphatic carbocycles. The lowest BCUT2D eigenvalue weighted by Crippen LogP contribution is -2.52. The minimum Gasteiger partial charge on any atom is -0.375 e. The number of piperidine rings is 2. The molecule has 2 atom stereocenters. The van der Waals surface area contributed by atoms with E-state index in [1.165, 1.54) is 7.11 Å². The highest BCUT2D eigenvalue weighted by Gasteiger charge is 2.39. The Labute approximate surface area is 152 Å². The molecular weight excluding hydrogens is 338 g/mol. The van der Waals surface area contributed by atoms with Crippen LogP contribution in [-0.4, -0.2) is 82.6 Å². The molecular formula is C17H25N5O4. The molecule has 142 valence electrons. The van der Waals surface area contributed by atoms with Crippen LogP contribution in [0, 0.1) is 5.92 Å². The predicted octanol–water partition coefficient (Wildman–Crippen LogP) is -0.165. The number of ether oxygens (including phenoxy) is 2. The summed E-state index contributed by atoms with van der Waals surface area (Å²) in [5.74, 6) is 0.171. The third kappa shape index (κ3) is 3.21. The summed E-state index contributed by atoms with van der Waals surface area (Å²) in [6.45, 7) is 3.21. The van der Waals surface area contributed by atoms with Crippen molar-refractivity contribution in [1.82, 2.24) is 24.8 Å². The monoisotopic (exact) mass is 363 g/mol. The van der Waals surface area contributed by atoms with Gasteiger partial charge in [-0.3, -0.25) is 9.59 Å². The number of nitrogens with zero attached hydrogens (tertiary/aromatic N) is 5. The van der Waals surface area contributed by atoms with Crippen molar-refractivity contribution in [2.45, 2.75) is 38.0 Å². The Morgan fingerprint density at radius 1 is 1.23 bits per heavy atom. The van der Waals surface area contributed by atoms with Crippen LogP contribution in [0.4, 0.5) is 0 Å². The quantitative estimate of drug-likeness (QED) is 0.741. The number of rotatable bonds is 3. The summed E-state index contributed by atoms with van der Waals surface area (Å²) in [6.07, 6.45) is 4.07. The molecule has 9 nitrogen and oxygen atoms in total. The molecule has 0 spiro atoms. The van der Waals surface area contributed by atoms with Gasteiger partial charge in [0.1, 0.15) is 6.61 Å². The summed E-state index contributed by atoms with van der Waals surface area (Å²) >= 11 is 0. The van der Waals surface area contributed by atoms with Gasteiger partial charge in [-0.2, -0.15) is 0 Å². The van der Waals surface area contributed by atoms with Crippen LogP contribution in [0.1, 0.15) is 31.0 Å². The molecule has 0 radical (unpaired) electrons. The second kappa shape index (κ2) is 7.32. The van der Waals surface area contributed by atoms with Gasteiger partial charge >= 0.3 is 0 Å². The normalized spacial score (nSPS) is 26.3. The van der Waals surface area contributed by atoms with E-state index in [0.29, 0.717) is 45.6 Å². The van der Waals surface area contributed by atoms with E-state index in [1.54, 1.807) is 11.1 Å². The van der Waals surface area contributed by atoms with E-state index < -0.39 is 0 Å². The van der Waals surface area contributed by atoms with Crippen LogP contribution in [0.15, 0.2) is 6.20 Å². The van der Waals surface area contributed by atoms with Crippen molar-refractivity contribution in [2.75, 3.05) is 39.9 Å². The Morgan fingerprint density at radius 3 is 2.77 bits per heavy atom. The predicted molar refractivity (Wildman–Crippen MR) is 90.0 cm³/mol. The summed E-state index contributed by atoms with van der Waals surface area (Å²) < 4.78 is 12.7. The van der Waals surface area contributed by atoms with Crippen molar-refractivity contribution >= 4 is 11.8 Å². The lowest BCUT2D eigenvalue weighted by molar-refractivity contribution is -0.146. The molecule has 0 bridgehead atoms. The van der Waals surface area contributed by atoms with Gasteiger partial charge in [-0.25, -0.2) is 4.68 Å². The van der Waals surface area contributed by atoms with Gasteiger partial charge in [0, 0.05) is 39.2 Å². The first kappa shape index (κ1) is 17.4. The molecule has 2 fully saturated rings. The van der Waals surface area contributed by atoms with Crippen molar-refractivity contribution in [1.29, 1.82) is 0 Å². The van der Waals surface area contributed by atoms with Crippen molar-refractivity contribution in [3.63, 3.8) is 0 Å². The van der Waals surface area contributed by atoms with Gasteiger partial charge in [0.25, 0.3) is 0 Å². The highest BCUT2D eigenvalue weighted by molar-refractivity contribution is 5.80. The molecule has 4 rings (SSSR count). The first-order valence-corrected chi connectivity index (χ1v) is 9.23. The van der Waals surface area contributed by atoms with Gasteiger partial charge < -0.3 is 19.3 Å². The zero-order chi connectivity index (χ0) is 18.1. The summed E-state index contributed by atoms with van der Waals surface area (Å²) in [5, 5.41) is 8.16. The van der Waals surface area contributed by atoms with Crippen LogP contribution in [0.25, 0.3) is 0 Å². The second-order valence-electron chi connectivity index (χ2n) is 7.25. The van der Waals surface area contributed by atoms with Crippen molar-refractivity contribution in [2.24, 2.45) is 5.92 Å². The maximum absolute atomic E-state index is 13.0.